The fraction of sp³-hybridized carbons (Fsp3) is 0. The second-order valence-electron chi connectivity index (χ2n) is 2.06. The third kappa shape index (κ3) is 3.29. The van der Waals surface area contributed by atoms with Crippen molar-refractivity contribution in [3.05, 3.63) is 28.7 Å². The van der Waals surface area contributed by atoms with Crippen molar-refractivity contribution in [3.63, 3.8) is 0 Å². The molecule has 1 aromatic rings. The Labute approximate surface area is 88.3 Å². The number of rotatable bonds is 3. The summed E-state index contributed by atoms with van der Waals surface area (Å²) in [5.41, 5.74) is 0. The first kappa shape index (κ1) is 11.0. The van der Waals surface area contributed by atoms with Crippen molar-refractivity contribution in [2.24, 2.45) is 0 Å². The highest BCUT2D eigenvalue weighted by Gasteiger charge is 2.23. The minimum atomic E-state index is -4.19. The van der Waals surface area contributed by atoms with Gasteiger partial charge in [-0.25, -0.2) is 4.57 Å². The van der Waals surface area contributed by atoms with Crippen LogP contribution in [0.4, 0.5) is 0 Å². The minimum Gasteiger partial charge on any atom is -0.402 e. The number of halogens is 2. The van der Waals surface area contributed by atoms with E-state index in [-0.39, 0.29) is 5.75 Å². The molecule has 0 fully saturated rings. The van der Waals surface area contributed by atoms with Gasteiger partial charge in [0.15, 0.2) is 0 Å². The molecule has 0 amide bonds. The van der Waals surface area contributed by atoms with Crippen molar-refractivity contribution in [1.29, 1.82) is 0 Å². The Morgan fingerprint density at radius 3 is 2.62 bits per heavy atom. The largest absolute Gasteiger partial charge is 0.544 e. The molecule has 0 aromatic heterocycles. The van der Waals surface area contributed by atoms with Crippen LogP contribution in [0.5, 0.6) is 5.75 Å². The molecule has 1 unspecified atom stereocenters. The molecule has 0 aliphatic rings. The molecule has 0 radical (unpaired) electrons. The summed E-state index contributed by atoms with van der Waals surface area (Å²) in [6, 6.07) is 6.54. The van der Waals surface area contributed by atoms with Crippen molar-refractivity contribution >= 4 is 35.6 Å². The summed E-state index contributed by atoms with van der Waals surface area (Å²) in [6.45, 7) is 0. The predicted octanol–water partition coefficient (Wildman–Crippen LogP) is 3.10. The van der Waals surface area contributed by atoms with Crippen LogP contribution in [0.25, 0.3) is 0 Å². The normalized spacial score (nSPS) is 15.0. The molecule has 13 heavy (non-hydrogen) atoms. The van der Waals surface area contributed by atoms with Crippen molar-refractivity contribution in [2.75, 3.05) is 0 Å². The van der Waals surface area contributed by atoms with Gasteiger partial charge in [-0.2, -0.15) is 4.08 Å². The predicted molar refractivity (Wildman–Crippen MR) is 51.5 cm³/mol. The average Bonchev–Trinajstić information content (AvgIpc) is 2.09. The number of benzene rings is 1. The Kier molecular flexibility index (Phi) is 3.76. The maximum Gasteiger partial charge on any atom is 0.544 e. The Morgan fingerprint density at radius 1 is 1.46 bits per heavy atom. The van der Waals surface area contributed by atoms with Gasteiger partial charge in [0, 0.05) is 0 Å². The van der Waals surface area contributed by atoms with E-state index in [4.69, 9.17) is 16.8 Å². The third-order valence-electron chi connectivity index (χ3n) is 1.14. The smallest absolute Gasteiger partial charge is 0.402 e. The second-order valence-corrected chi connectivity index (χ2v) is 4.59. The van der Waals surface area contributed by atoms with Crippen molar-refractivity contribution in [1.82, 2.24) is 0 Å². The third-order valence-corrected chi connectivity index (χ3v) is 2.92. The highest BCUT2D eigenvalue weighted by Crippen LogP contribution is 2.46. The van der Waals surface area contributed by atoms with Crippen LogP contribution in [0.3, 0.4) is 0 Å². The molecule has 72 valence electrons. The van der Waals surface area contributed by atoms with Gasteiger partial charge in [0.2, 0.25) is 0 Å². The van der Waals surface area contributed by atoms with E-state index in [9.17, 15) is 4.57 Å². The lowest BCUT2D eigenvalue weighted by Gasteiger charge is -2.09. The summed E-state index contributed by atoms with van der Waals surface area (Å²) in [5.74, 6) is 0.189. The number of hydrogen-bond acceptors (Lipinski definition) is 3. The fourth-order valence-corrected chi connectivity index (χ4v) is 1.67. The molecule has 1 atom stereocenters. The molecule has 0 aliphatic heterocycles. The zero-order valence-corrected chi connectivity index (χ0v) is 9.42. The van der Waals surface area contributed by atoms with Gasteiger partial charge in [0.25, 0.3) is 0 Å². The monoisotopic (exact) mass is 286 g/mol. The van der Waals surface area contributed by atoms with Crippen LogP contribution in [0.2, 0.25) is 0 Å². The standard InChI is InChI=1S/C6H5BrClO4P/c7-5-3-1-2-4-6(5)11-13(9,10)12-8/h1-4H,(H,9,10). The summed E-state index contributed by atoms with van der Waals surface area (Å²) >= 11 is 7.86. The summed E-state index contributed by atoms with van der Waals surface area (Å²) in [4.78, 5) is 8.86. The van der Waals surface area contributed by atoms with E-state index in [2.05, 4.69) is 24.5 Å². The quantitative estimate of drug-likeness (QED) is 0.868. The van der Waals surface area contributed by atoms with Crippen LogP contribution in [-0.4, -0.2) is 4.89 Å². The van der Waals surface area contributed by atoms with Gasteiger partial charge in [-0.15, -0.1) is 0 Å². The molecule has 0 spiro atoms. The second kappa shape index (κ2) is 4.44. The minimum absolute atomic E-state index is 0.189. The molecule has 1 rings (SSSR count). The van der Waals surface area contributed by atoms with E-state index >= 15 is 0 Å². The molecule has 0 saturated carbocycles. The molecule has 0 saturated heterocycles. The Hall–Kier alpha value is -0.0600. The Bertz CT molecular complexity index is 345. The molecule has 0 heterocycles. The lowest BCUT2D eigenvalue weighted by Crippen LogP contribution is -1.91. The lowest BCUT2D eigenvalue weighted by atomic mass is 10.3. The molecule has 1 aromatic carbocycles. The number of hydrogen-bond donors (Lipinski definition) is 1. The Balaban J connectivity index is 2.86. The van der Waals surface area contributed by atoms with Crippen molar-refractivity contribution < 1.29 is 18.1 Å². The molecule has 1 N–H and O–H groups in total. The van der Waals surface area contributed by atoms with E-state index < -0.39 is 7.82 Å². The van der Waals surface area contributed by atoms with Gasteiger partial charge in [0.05, 0.1) is 16.3 Å². The summed E-state index contributed by atoms with van der Waals surface area (Å²) in [7, 11) is -4.19. The van der Waals surface area contributed by atoms with Gasteiger partial charge in [-0.1, -0.05) is 12.1 Å². The molecular formula is C6H5BrClO4P. The van der Waals surface area contributed by atoms with Gasteiger partial charge >= 0.3 is 7.82 Å². The first-order chi connectivity index (χ1) is 6.05. The van der Waals surface area contributed by atoms with Crippen LogP contribution in [0, 0.1) is 0 Å². The summed E-state index contributed by atoms with van der Waals surface area (Å²) < 4.78 is 19.7. The van der Waals surface area contributed by atoms with Crippen LogP contribution >= 0.6 is 35.6 Å². The van der Waals surface area contributed by atoms with E-state index in [1.54, 1.807) is 18.2 Å². The van der Waals surface area contributed by atoms with Gasteiger partial charge in [-0.05, 0) is 28.1 Å². The van der Waals surface area contributed by atoms with Crippen molar-refractivity contribution in [2.45, 2.75) is 0 Å². The van der Waals surface area contributed by atoms with Crippen LogP contribution in [0.15, 0.2) is 28.7 Å². The zero-order valence-electron chi connectivity index (χ0n) is 6.18. The first-order valence-electron chi connectivity index (χ1n) is 3.12. The molecule has 0 bridgehead atoms. The topological polar surface area (TPSA) is 55.8 Å². The number of phosphoric acid groups is 1. The average molecular weight is 287 g/mol. The SMILES string of the molecule is O=P(O)(OCl)Oc1ccccc1Br. The molecular weight excluding hydrogens is 282 g/mol. The summed E-state index contributed by atoms with van der Waals surface area (Å²) in [5, 5.41) is 0. The first-order valence-corrected chi connectivity index (χ1v) is 5.72. The van der Waals surface area contributed by atoms with E-state index in [1.165, 1.54) is 6.07 Å². The van der Waals surface area contributed by atoms with E-state index in [0.717, 1.165) is 0 Å². The summed E-state index contributed by atoms with van der Waals surface area (Å²) in [6.07, 6.45) is 0. The van der Waals surface area contributed by atoms with Gasteiger partial charge < -0.3 is 4.52 Å². The molecule has 7 heteroatoms. The highest BCUT2D eigenvalue weighted by atomic mass is 79.9. The fourth-order valence-electron chi connectivity index (χ4n) is 0.657. The Morgan fingerprint density at radius 2 is 2.08 bits per heavy atom. The number of phosphoric ester groups is 1. The maximum absolute atomic E-state index is 10.9. The highest BCUT2D eigenvalue weighted by molar-refractivity contribution is 9.10. The zero-order chi connectivity index (χ0) is 9.90. The van der Waals surface area contributed by atoms with Crippen LogP contribution in [0.1, 0.15) is 0 Å². The molecule has 0 aliphatic carbocycles. The van der Waals surface area contributed by atoms with Crippen LogP contribution in [-0.2, 0) is 8.64 Å². The molecule has 4 nitrogen and oxygen atoms in total. The number of para-hydroxylation sites is 1. The van der Waals surface area contributed by atoms with Crippen LogP contribution < -0.4 is 4.52 Å². The maximum atomic E-state index is 10.9. The van der Waals surface area contributed by atoms with E-state index in [1.807, 2.05) is 0 Å². The van der Waals surface area contributed by atoms with Crippen molar-refractivity contribution in [3.8, 4) is 5.75 Å². The van der Waals surface area contributed by atoms with Gasteiger partial charge in [0.1, 0.15) is 5.75 Å². The van der Waals surface area contributed by atoms with E-state index in [0.29, 0.717) is 4.47 Å². The van der Waals surface area contributed by atoms with Gasteiger partial charge in [-0.3, -0.25) is 4.89 Å². The lowest BCUT2D eigenvalue weighted by molar-refractivity contribution is 0.300.